The van der Waals surface area contributed by atoms with Crippen LogP contribution in [0.3, 0.4) is 0 Å². The van der Waals surface area contributed by atoms with Crippen LogP contribution in [-0.4, -0.2) is 30.9 Å². The maximum absolute atomic E-state index is 12.5. The average molecular weight is 388 g/mol. The van der Waals surface area contributed by atoms with Crippen molar-refractivity contribution >= 4 is 28.7 Å². The second-order valence-corrected chi connectivity index (χ2v) is 7.81. The largest absolute Gasteiger partial charge is 0.496 e. The Bertz CT molecular complexity index is 847. The van der Waals surface area contributed by atoms with Crippen LogP contribution in [0.4, 0.5) is 5.00 Å². The minimum Gasteiger partial charge on any atom is -0.496 e. The summed E-state index contributed by atoms with van der Waals surface area (Å²) in [6.07, 6.45) is 2.64. The van der Waals surface area contributed by atoms with Crippen LogP contribution in [0, 0.1) is 6.92 Å². The molecule has 0 fully saturated rings. The van der Waals surface area contributed by atoms with Crippen LogP contribution >= 0.6 is 11.3 Å². The van der Waals surface area contributed by atoms with E-state index in [-0.39, 0.29) is 5.91 Å². The Morgan fingerprint density at radius 2 is 2.26 bits per heavy atom. The van der Waals surface area contributed by atoms with Crippen molar-refractivity contribution in [2.24, 2.45) is 5.73 Å². The van der Waals surface area contributed by atoms with Crippen LogP contribution in [0.25, 0.3) is 0 Å². The lowest BCUT2D eigenvalue weighted by atomic mass is 10.0. The van der Waals surface area contributed by atoms with Gasteiger partial charge in [-0.25, -0.2) is 0 Å². The summed E-state index contributed by atoms with van der Waals surface area (Å²) in [6, 6.07) is 5.98. The molecule has 1 aromatic heterocycles. The Morgan fingerprint density at radius 3 is 2.96 bits per heavy atom. The Labute approximate surface area is 163 Å². The summed E-state index contributed by atoms with van der Waals surface area (Å²) in [5.41, 5.74) is 10.3. The van der Waals surface area contributed by atoms with Crippen molar-refractivity contribution in [2.45, 2.75) is 39.3 Å². The first-order valence-electron chi connectivity index (χ1n) is 9.02. The highest BCUT2D eigenvalue weighted by atomic mass is 32.1. The first-order chi connectivity index (χ1) is 13.0. The Hall–Kier alpha value is -2.38. The number of benzene rings is 1. The zero-order chi connectivity index (χ0) is 19.4. The van der Waals surface area contributed by atoms with Crippen molar-refractivity contribution in [1.29, 1.82) is 0 Å². The maximum Gasteiger partial charge on any atom is 0.225 e. The van der Waals surface area contributed by atoms with Gasteiger partial charge in [0.1, 0.15) is 5.75 Å². The topological polar surface area (TPSA) is 84.7 Å². The van der Waals surface area contributed by atoms with E-state index in [0.29, 0.717) is 32.5 Å². The van der Waals surface area contributed by atoms with Gasteiger partial charge in [-0.1, -0.05) is 17.7 Å². The molecule has 1 aliphatic rings. The second kappa shape index (κ2) is 8.54. The first kappa shape index (κ1) is 19.4. The van der Waals surface area contributed by atoms with E-state index in [1.807, 2.05) is 19.1 Å². The molecule has 0 unspecified atom stereocenters. The predicted molar refractivity (Wildman–Crippen MR) is 107 cm³/mol. The van der Waals surface area contributed by atoms with Crippen LogP contribution in [0.2, 0.25) is 0 Å². The highest BCUT2D eigenvalue weighted by Crippen LogP contribution is 2.36. The Morgan fingerprint density at radius 1 is 1.44 bits per heavy atom. The van der Waals surface area contributed by atoms with E-state index in [4.69, 9.17) is 10.5 Å². The molecule has 0 atom stereocenters. The molecule has 1 aromatic carbocycles. The number of hydrogen-bond acceptors (Lipinski definition) is 5. The maximum atomic E-state index is 12.5. The number of carbonyl (C=O) groups excluding carboxylic acids is 2. The number of fused-ring (bicyclic) bond motifs is 1. The predicted octanol–water partition coefficient (Wildman–Crippen LogP) is 2.61. The number of nitrogens with zero attached hydrogens (tertiary/aromatic N) is 1. The summed E-state index contributed by atoms with van der Waals surface area (Å²) in [7, 11) is 1.64. The summed E-state index contributed by atoms with van der Waals surface area (Å²) in [4.78, 5) is 26.4. The van der Waals surface area contributed by atoms with E-state index < -0.39 is 0 Å². The third kappa shape index (κ3) is 4.31. The van der Waals surface area contributed by atoms with Gasteiger partial charge in [0.25, 0.3) is 0 Å². The van der Waals surface area contributed by atoms with Crippen molar-refractivity contribution in [3.8, 4) is 5.75 Å². The Kier molecular flexibility index (Phi) is 6.13. The van der Waals surface area contributed by atoms with E-state index in [1.165, 1.54) is 16.9 Å². The highest BCUT2D eigenvalue weighted by Gasteiger charge is 2.23. The molecule has 7 heteroatoms. The van der Waals surface area contributed by atoms with Crippen LogP contribution in [-0.2, 0) is 35.5 Å². The number of rotatable bonds is 7. The van der Waals surface area contributed by atoms with Gasteiger partial charge in [-0.05, 0) is 37.0 Å². The minimum atomic E-state index is -0.0425. The van der Waals surface area contributed by atoms with Crippen LogP contribution in [0.5, 0.6) is 5.75 Å². The molecule has 3 N–H and O–H groups in total. The van der Waals surface area contributed by atoms with Gasteiger partial charge in [0, 0.05) is 30.0 Å². The number of methoxy groups -OCH3 is 1. The SMILES string of the molecule is COc1ccc(C)cc1CCC(=O)Nc1sc2c(c1CN)CCN(C=O)C2. The average Bonchev–Trinajstić information content (AvgIpc) is 3.02. The summed E-state index contributed by atoms with van der Waals surface area (Å²) in [6.45, 7) is 3.69. The van der Waals surface area contributed by atoms with Gasteiger partial charge < -0.3 is 20.7 Å². The number of thiophene rings is 1. The molecule has 0 spiro atoms. The summed E-state index contributed by atoms with van der Waals surface area (Å²) < 4.78 is 5.38. The number of aryl methyl sites for hydroxylation is 2. The van der Waals surface area contributed by atoms with Gasteiger partial charge in [0.2, 0.25) is 12.3 Å². The van der Waals surface area contributed by atoms with Gasteiger partial charge in [-0.2, -0.15) is 0 Å². The number of carbonyl (C=O) groups is 2. The van der Waals surface area contributed by atoms with E-state index in [2.05, 4.69) is 11.4 Å². The van der Waals surface area contributed by atoms with E-state index >= 15 is 0 Å². The normalized spacial score (nSPS) is 13.2. The molecule has 0 saturated carbocycles. The quantitative estimate of drug-likeness (QED) is 0.715. The molecule has 0 radical (unpaired) electrons. The second-order valence-electron chi connectivity index (χ2n) is 6.70. The van der Waals surface area contributed by atoms with Crippen molar-refractivity contribution in [3.63, 3.8) is 0 Å². The number of amides is 2. The molecule has 6 nitrogen and oxygen atoms in total. The molecule has 3 rings (SSSR count). The zero-order valence-corrected chi connectivity index (χ0v) is 16.5. The van der Waals surface area contributed by atoms with Crippen molar-refractivity contribution in [1.82, 2.24) is 4.90 Å². The molecule has 1 aliphatic heterocycles. The number of anilines is 1. The van der Waals surface area contributed by atoms with Crippen LogP contribution in [0.15, 0.2) is 18.2 Å². The summed E-state index contributed by atoms with van der Waals surface area (Å²) in [5, 5.41) is 3.84. The number of nitrogens with two attached hydrogens (primary N) is 1. The van der Waals surface area contributed by atoms with Gasteiger partial charge in [0.05, 0.1) is 18.7 Å². The molecule has 144 valence electrons. The van der Waals surface area contributed by atoms with Crippen molar-refractivity contribution < 1.29 is 14.3 Å². The molecular formula is C20H25N3O3S. The van der Waals surface area contributed by atoms with Crippen LogP contribution in [0.1, 0.15) is 33.6 Å². The lowest BCUT2D eigenvalue weighted by molar-refractivity contribution is -0.119. The molecule has 27 heavy (non-hydrogen) atoms. The lowest BCUT2D eigenvalue weighted by Gasteiger charge is -2.23. The molecule has 2 amide bonds. The molecule has 0 saturated heterocycles. The highest BCUT2D eigenvalue weighted by molar-refractivity contribution is 7.16. The van der Waals surface area contributed by atoms with Crippen molar-refractivity contribution in [3.05, 3.63) is 45.3 Å². The fraction of sp³-hybridized carbons (Fsp3) is 0.400. The minimum absolute atomic E-state index is 0.0425. The first-order valence-corrected chi connectivity index (χ1v) is 9.83. The third-order valence-corrected chi connectivity index (χ3v) is 6.03. The fourth-order valence-electron chi connectivity index (χ4n) is 3.44. The van der Waals surface area contributed by atoms with Gasteiger partial charge in [-0.3, -0.25) is 9.59 Å². The molecule has 0 aliphatic carbocycles. The van der Waals surface area contributed by atoms with E-state index in [0.717, 1.165) is 45.1 Å². The summed E-state index contributed by atoms with van der Waals surface area (Å²) in [5.74, 6) is 0.760. The van der Waals surface area contributed by atoms with E-state index in [1.54, 1.807) is 12.0 Å². The monoisotopic (exact) mass is 387 g/mol. The van der Waals surface area contributed by atoms with Crippen molar-refractivity contribution in [2.75, 3.05) is 19.0 Å². The Balaban J connectivity index is 1.69. The molecular weight excluding hydrogens is 362 g/mol. The number of nitrogens with one attached hydrogen (secondary N) is 1. The smallest absolute Gasteiger partial charge is 0.225 e. The fourth-order valence-corrected chi connectivity index (χ4v) is 4.76. The van der Waals surface area contributed by atoms with Gasteiger partial charge in [-0.15, -0.1) is 11.3 Å². The van der Waals surface area contributed by atoms with Crippen LogP contribution < -0.4 is 15.8 Å². The van der Waals surface area contributed by atoms with E-state index in [9.17, 15) is 9.59 Å². The molecule has 2 heterocycles. The number of hydrogen-bond donors (Lipinski definition) is 2. The third-order valence-electron chi connectivity index (χ3n) is 4.86. The summed E-state index contributed by atoms with van der Waals surface area (Å²) >= 11 is 1.53. The molecule has 0 bridgehead atoms. The standard InChI is InChI=1S/C20H25N3O3S/c1-13-3-5-17(26-2)14(9-13)4-6-19(25)22-20-16(10-21)15-7-8-23(12-24)11-18(15)27-20/h3,5,9,12H,4,6-8,10-11,21H2,1-2H3,(H,22,25). The number of ether oxygens (including phenoxy) is 1. The lowest BCUT2D eigenvalue weighted by Crippen LogP contribution is -2.28. The zero-order valence-electron chi connectivity index (χ0n) is 15.7. The van der Waals surface area contributed by atoms with Gasteiger partial charge >= 0.3 is 0 Å². The van der Waals surface area contributed by atoms with Gasteiger partial charge in [0.15, 0.2) is 0 Å². The molecule has 2 aromatic rings.